The summed E-state index contributed by atoms with van der Waals surface area (Å²) in [6.45, 7) is 7.17. The molecule has 2 aliphatic carbocycles. The Balaban J connectivity index is 1.33. The van der Waals surface area contributed by atoms with Crippen molar-refractivity contribution in [3.05, 3.63) is 0 Å². The fourth-order valence-electron chi connectivity index (χ4n) is 5.78. The first-order valence-electron chi connectivity index (χ1n) is 13.8. The molecular weight excluding hydrogens is 336 g/mol. The van der Waals surface area contributed by atoms with Crippen molar-refractivity contribution in [1.29, 1.82) is 0 Å². The van der Waals surface area contributed by atoms with Crippen molar-refractivity contribution in [3.8, 4) is 0 Å². The first-order valence-corrected chi connectivity index (χ1v) is 13.8. The zero-order valence-corrected chi connectivity index (χ0v) is 20.0. The van der Waals surface area contributed by atoms with Crippen LogP contribution in [-0.2, 0) is 0 Å². The molecule has 28 heavy (non-hydrogen) atoms. The predicted molar refractivity (Wildman–Crippen MR) is 127 cm³/mol. The van der Waals surface area contributed by atoms with Gasteiger partial charge in [0.15, 0.2) is 0 Å². The van der Waals surface area contributed by atoms with Crippen LogP contribution in [0.3, 0.4) is 0 Å². The Morgan fingerprint density at radius 3 is 1.68 bits per heavy atom. The van der Waals surface area contributed by atoms with Crippen molar-refractivity contribution in [1.82, 2.24) is 0 Å². The van der Waals surface area contributed by atoms with Crippen molar-refractivity contribution in [2.75, 3.05) is 0 Å². The van der Waals surface area contributed by atoms with Gasteiger partial charge in [-0.2, -0.15) is 0 Å². The Bertz CT molecular complexity index is 359. The van der Waals surface area contributed by atoms with E-state index < -0.39 is 0 Å². The molecule has 0 amide bonds. The molecule has 0 aromatic heterocycles. The molecule has 0 spiro atoms. The van der Waals surface area contributed by atoms with E-state index in [9.17, 15) is 0 Å². The second kappa shape index (κ2) is 14.9. The van der Waals surface area contributed by atoms with Gasteiger partial charge in [-0.25, -0.2) is 0 Å². The zero-order chi connectivity index (χ0) is 20.0. The first-order chi connectivity index (χ1) is 13.8. The van der Waals surface area contributed by atoms with Crippen LogP contribution in [0.15, 0.2) is 0 Å². The Morgan fingerprint density at radius 1 is 0.536 bits per heavy atom. The van der Waals surface area contributed by atoms with Gasteiger partial charge >= 0.3 is 0 Å². The minimum atomic E-state index is 1.02. The zero-order valence-electron chi connectivity index (χ0n) is 20.0. The minimum Gasteiger partial charge on any atom is -0.0654 e. The van der Waals surface area contributed by atoms with Gasteiger partial charge in [0.05, 0.1) is 0 Å². The highest BCUT2D eigenvalue weighted by molar-refractivity contribution is 4.91. The summed E-state index contributed by atoms with van der Waals surface area (Å²) in [5.74, 6) is 5.52. The number of rotatable bonds is 20. The Labute approximate surface area is 179 Å². The van der Waals surface area contributed by atoms with Crippen LogP contribution in [0.1, 0.15) is 149 Å². The maximum absolute atomic E-state index is 2.54. The van der Waals surface area contributed by atoms with Crippen LogP contribution in [0.4, 0.5) is 0 Å². The number of hydrogen-bond donors (Lipinski definition) is 0. The highest BCUT2D eigenvalue weighted by Gasteiger charge is 2.41. The summed E-state index contributed by atoms with van der Waals surface area (Å²) in [6, 6.07) is 0. The lowest BCUT2D eigenvalue weighted by atomic mass is 9.95. The molecule has 0 aromatic carbocycles. The predicted octanol–water partition coefficient (Wildman–Crippen LogP) is 9.96. The van der Waals surface area contributed by atoms with Gasteiger partial charge in [0, 0.05) is 0 Å². The Hall–Kier alpha value is 0. The molecule has 2 rings (SSSR count). The lowest BCUT2D eigenvalue weighted by Crippen LogP contribution is -2.00. The summed E-state index contributed by atoms with van der Waals surface area (Å²) in [7, 11) is 0. The molecule has 5 atom stereocenters. The molecule has 0 bridgehead atoms. The van der Waals surface area contributed by atoms with Crippen molar-refractivity contribution >= 4 is 0 Å². The maximum atomic E-state index is 2.54. The van der Waals surface area contributed by atoms with Gasteiger partial charge < -0.3 is 0 Å². The van der Waals surface area contributed by atoms with Crippen molar-refractivity contribution < 1.29 is 0 Å². The smallest absolute Gasteiger partial charge is 0.0357 e. The standard InChI is InChI=1S/C28H54/c1-4-6-8-10-11-12-13-14-16-19-25-22-26(25)20-17-21-27-23-28(27)24(3)18-15-9-7-5-2/h24-28H,4-23H2,1-3H3. The topological polar surface area (TPSA) is 0 Å². The third-order valence-corrected chi connectivity index (χ3v) is 8.12. The fourth-order valence-corrected chi connectivity index (χ4v) is 5.78. The Kier molecular flexibility index (Phi) is 12.9. The van der Waals surface area contributed by atoms with E-state index in [4.69, 9.17) is 0 Å². The highest BCUT2D eigenvalue weighted by Crippen LogP contribution is 2.51. The first kappa shape index (κ1) is 24.3. The molecule has 2 fully saturated rings. The van der Waals surface area contributed by atoms with Crippen molar-refractivity contribution in [3.63, 3.8) is 0 Å². The van der Waals surface area contributed by atoms with Crippen LogP contribution in [-0.4, -0.2) is 0 Å². The molecule has 2 saturated carbocycles. The van der Waals surface area contributed by atoms with Crippen LogP contribution in [0.5, 0.6) is 0 Å². The van der Waals surface area contributed by atoms with Crippen LogP contribution >= 0.6 is 0 Å². The van der Waals surface area contributed by atoms with Gasteiger partial charge in [-0.3, -0.25) is 0 Å². The molecule has 2 aliphatic rings. The molecule has 0 N–H and O–H groups in total. The summed E-state index contributed by atoms with van der Waals surface area (Å²) in [4.78, 5) is 0. The van der Waals surface area contributed by atoms with E-state index >= 15 is 0 Å². The molecule has 5 unspecified atom stereocenters. The van der Waals surface area contributed by atoms with Crippen LogP contribution in [0, 0.1) is 29.6 Å². The van der Waals surface area contributed by atoms with Crippen LogP contribution in [0.2, 0.25) is 0 Å². The summed E-state index contributed by atoms with van der Waals surface area (Å²) < 4.78 is 0. The lowest BCUT2D eigenvalue weighted by Gasteiger charge is -2.10. The average molecular weight is 391 g/mol. The van der Waals surface area contributed by atoms with Gasteiger partial charge in [-0.05, 0) is 42.4 Å². The maximum Gasteiger partial charge on any atom is -0.0357 e. The van der Waals surface area contributed by atoms with Gasteiger partial charge in [0.25, 0.3) is 0 Å². The molecule has 0 heteroatoms. The van der Waals surface area contributed by atoms with E-state index in [2.05, 4.69) is 20.8 Å². The molecule has 166 valence electrons. The summed E-state index contributed by atoms with van der Waals surface area (Å²) in [6.07, 6.45) is 30.0. The molecular formula is C28H54. The van der Waals surface area contributed by atoms with Gasteiger partial charge in [0.2, 0.25) is 0 Å². The lowest BCUT2D eigenvalue weighted by molar-refractivity contribution is 0.406. The molecule has 0 radical (unpaired) electrons. The minimum absolute atomic E-state index is 1.02. The van der Waals surface area contributed by atoms with E-state index in [-0.39, 0.29) is 0 Å². The van der Waals surface area contributed by atoms with E-state index in [1.54, 1.807) is 38.5 Å². The molecule has 0 nitrogen and oxygen atoms in total. The summed E-state index contributed by atoms with van der Waals surface area (Å²) in [5, 5.41) is 0. The Morgan fingerprint density at radius 2 is 1.04 bits per heavy atom. The van der Waals surface area contributed by atoms with Crippen molar-refractivity contribution in [2.24, 2.45) is 29.6 Å². The van der Waals surface area contributed by atoms with Crippen LogP contribution in [0.25, 0.3) is 0 Å². The molecule has 0 heterocycles. The second-order valence-electron chi connectivity index (χ2n) is 10.8. The molecule has 0 saturated heterocycles. The van der Waals surface area contributed by atoms with Gasteiger partial charge in [-0.15, -0.1) is 0 Å². The monoisotopic (exact) mass is 390 g/mol. The second-order valence-corrected chi connectivity index (χ2v) is 10.8. The normalized spacial score (nSPS) is 27.1. The van der Waals surface area contributed by atoms with E-state index in [0.29, 0.717) is 0 Å². The van der Waals surface area contributed by atoms with E-state index in [1.807, 2.05) is 0 Å². The fraction of sp³-hybridized carbons (Fsp3) is 1.00. The van der Waals surface area contributed by atoms with E-state index in [0.717, 1.165) is 29.6 Å². The average Bonchev–Trinajstić information content (AvgIpc) is 3.61. The third-order valence-electron chi connectivity index (χ3n) is 8.12. The van der Waals surface area contributed by atoms with Gasteiger partial charge in [-0.1, -0.05) is 136 Å². The summed E-state index contributed by atoms with van der Waals surface area (Å²) in [5.41, 5.74) is 0. The highest BCUT2D eigenvalue weighted by atomic mass is 14.5. The third kappa shape index (κ3) is 10.7. The largest absolute Gasteiger partial charge is 0.0654 e. The SMILES string of the molecule is CCCCCCCCCCCC1CC1CCCC1CC1C(C)CCCCCC. The van der Waals surface area contributed by atoms with Gasteiger partial charge in [0.1, 0.15) is 0 Å². The quantitative estimate of drug-likeness (QED) is 0.181. The number of unbranched alkanes of at least 4 members (excludes halogenated alkanes) is 11. The van der Waals surface area contributed by atoms with Crippen molar-refractivity contribution in [2.45, 2.75) is 149 Å². The summed E-state index contributed by atoms with van der Waals surface area (Å²) >= 11 is 0. The van der Waals surface area contributed by atoms with E-state index in [1.165, 1.54) is 89.9 Å². The van der Waals surface area contributed by atoms with Crippen LogP contribution < -0.4 is 0 Å². The molecule has 0 aliphatic heterocycles. The number of hydrogen-bond acceptors (Lipinski definition) is 0. The molecule has 0 aromatic rings.